The van der Waals surface area contributed by atoms with E-state index in [2.05, 4.69) is 32.0 Å². The third kappa shape index (κ3) is 3.40. The van der Waals surface area contributed by atoms with E-state index in [9.17, 15) is 4.79 Å². The molecular formula is C17H26N2O. The van der Waals surface area contributed by atoms with Gasteiger partial charge in [-0.15, -0.1) is 0 Å². The van der Waals surface area contributed by atoms with Crippen molar-refractivity contribution in [2.45, 2.75) is 58.4 Å². The lowest BCUT2D eigenvalue weighted by atomic mass is 9.75. The van der Waals surface area contributed by atoms with E-state index < -0.39 is 0 Å². The predicted octanol–water partition coefficient (Wildman–Crippen LogP) is 3.13. The van der Waals surface area contributed by atoms with Crippen LogP contribution in [-0.2, 0) is 4.79 Å². The highest BCUT2D eigenvalue weighted by Gasteiger charge is 2.36. The van der Waals surface area contributed by atoms with Crippen LogP contribution >= 0.6 is 0 Å². The maximum atomic E-state index is 11.4. The zero-order chi connectivity index (χ0) is 14.8. The molecule has 3 heteroatoms. The number of primary amides is 1. The molecule has 1 atom stereocenters. The van der Waals surface area contributed by atoms with Gasteiger partial charge < -0.3 is 11.5 Å². The smallest absolute Gasteiger partial charge is 0.217 e. The van der Waals surface area contributed by atoms with Crippen molar-refractivity contribution in [3.8, 4) is 0 Å². The lowest BCUT2D eigenvalue weighted by molar-refractivity contribution is -0.120. The molecule has 2 rings (SSSR count). The summed E-state index contributed by atoms with van der Waals surface area (Å²) in [5.74, 6) is -0.195. The molecule has 0 radical (unpaired) electrons. The zero-order valence-electron chi connectivity index (χ0n) is 12.6. The first-order valence-electron chi connectivity index (χ1n) is 7.53. The van der Waals surface area contributed by atoms with Crippen LogP contribution in [-0.4, -0.2) is 5.91 Å². The number of carbonyl (C=O) groups excluding carboxylic acids is 1. The van der Waals surface area contributed by atoms with E-state index in [1.807, 2.05) is 0 Å². The maximum absolute atomic E-state index is 11.4. The highest BCUT2D eigenvalue weighted by molar-refractivity contribution is 5.74. The quantitative estimate of drug-likeness (QED) is 0.866. The molecular weight excluding hydrogens is 248 g/mol. The van der Waals surface area contributed by atoms with Crippen molar-refractivity contribution in [1.29, 1.82) is 0 Å². The lowest BCUT2D eigenvalue weighted by Crippen LogP contribution is -2.29. The van der Waals surface area contributed by atoms with Gasteiger partial charge in [-0.25, -0.2) is 0 Å². The van der Waals surface area contributed by atoms with Gasteiger partial charge in [0.1, 0.15) is 0 Å². The Morgan fingerprint density at radius 1 is 1.25 bits per heavy atom. The van der Waals surface area contributed by atoms with Crippen molar-refractivity contribution in [3.05, 3.63) is 34.9 Å². The van der Waals surface area contributed by atoms with E-state index in [4.69, 9.17) is 11.5 Å². The van der Waals surface area contributed by atoms with Gasteiger partial charge in [-0.1, -0.05) is 31.0 Å². The number of rotatable bonds is 5. The average molecular weight is 274 g/mol. The minimum absolute atomic E-state index is 0.00764. The van der Waals surface area contributed by atoms with Crippen molar-refractivity contribution in [3.63, 3.8) is 0 Å². The second kappa shape index (κ2) is 5.96. The standard InChI is InChI=1S/C17H26N2O/c1-12-5-6-14(9-13(12)2)15(18)10-17(11-16(19)20)7-3-4-8-17/h5-6,9,15H,3-4,7-8,10-11,18H2,1-2H3,(H2,19,20). The molecule has 0 bridgehead atoms. The highest BCUT2D eigenvalue weighted by atomic mass is 16.1. The van der Waals surface area contributed by atoms with E-state index >= 15 is 0 Å². The summed E-state index contributed by atoms with van der Waals surface area (Å²) in [5, 5.41) is 0. The van der Waals surface area contributed by atoms with Gasteiger partial charge >= 0.3 is 0 Å². The fraction of sp³-hybridized carbons (Fsp3) is 0.588. The Morgan fingerprint density at radius 3 is 2.45 bits per heavy atom. The summed E-state index contributed by atoms with van der Waals surface area (Å²) in [6.07, 6.45) is 5.87. The van der Waals surface area contributed by atoms with Crippen LogP contribution in [0.4, 0.5) is 0 Å². The normalized spacial score (nSPS) is 18.9. The lowest BCUT2D eigenvalue weighted by Gasteiger charge is -2.31. The largest absolute Gasteiger partial charge is 0.370 e. The molecule has 20 heavy (non-hydrogen) atoms. The van der Waals surface area contributed by atoms with Crippen LogP contribution in [0.2, 0.25) is 0 Å². The predicted molar refractivity (Wildman–Crippen MR) is 82.2 cm³/mol. The van der Waals surface area contributed by atoms with Gasteiger partial charge in [0.05, 0.1) is 0 Å². The molecule has 4 N–H and O–H groups in total. The molecule has 1 fully saturated rings. The number of carbonyl (C=O) groups is 1. The third-order valence-corrected chi connectivity index (χ3v) is 4.83. The average Bonchev–Trinajstić information content (AvgIpc) is 2.79. The van der Waals surface area contributed by atoms with Crippen molar-refractivity contribution in [2.24, 2.45) is 16.9 Å². The first-order valence-corrected chi connectivity index (χ1v) is 7.53. The molecule has 0 aliphatic heterocycles. The maximum Gasteiger partial charge on any atom is 0.217 e. The number of nitrogens with two attached hydrogens (primary N) is 2. The Morgan fingerprint density at radius 2 is 1.90 bits per heavy atom. The van der Waals surface area contributed by atoms with Crippen molar-refractivity contribution < 1.29 is 4.79 Å². The molecule has 0 saturated heterocycles. The molecule has 0 aromatic heterocycles. The molecule has 1 saturated carbocycles. The first kappa shape index (κ1) is 15.0. The van der Waals surface area contributed by atoms with Gasteiger partial charge in [-0.2, -0.15) is 0 Å². The van der Waals surface area contributed by atoms with Crippen LogP contribution in [0, 0.1) is 19.3 Å². The van der Waals surface area contributed by atoms with Gasteiger partial charge in [0.25, 0.3) is 0 Å². The fourth-order valence-corrected chi connectivity index (χ4v) is 3.53. The Kier molecular flexibility index (Phi) is 4.48. The Labute approximate surface area is 121 Å². The molecule has 1 aliphatic carbocycles. The summed E-state index contributed by atoms with van der Waals surface area (Å²) in [5.41, 5.74) is 15.6. The molecule has 3 nitrogen and oxygen atoms in total. The van der Waals surface area contributed by atoms with Crippen LogP contribution < -0.4 is 11.5 Å². The van der Waals surface area contributed by atoms with Gasteiger partial charge in [-0.3, -0.25) is 4.79 Å². The Bertz CT molecular complexity index is 490. The third-order valence-electron chi connectivity index (χ3n) is 4.83. The number of amides is 1. The van der Waals surface area contributed by atoms with Gasteiger partial charge in [0.15, 0.2) is 0 Å². The molecule has 1 amide bonds. The van der Waals surface area contributed by atoms with Gasteiger partial charge in [0, 0.05) is 12.5 Å². The molecule has 1 aliphatic rings. The van der Waals surface area contributed by atoms with Crippen LogP contribution in [0.1, 0.15) is 61.3 Å². The number of benzene rings is 1. The van der Waals surface area contributed by atoms with Gasteiger partial charge in [0.2, 0.25) is 5.91 Å². The Balaban J connectivity index is 2.13. The van der Waals surface area contributed by atoms with E-state index in [0.29, 0.717) is 6.42 Å². The fourth-order valence-electron chi connectivity index (χ4n) is 3.53. The Hall–Kier alpha value is -1.35. The van der Waals surface area contributed by atoms with Crippen molar-refractivity contribution in [1.82, 2.24) is 0 Å². The molecule has 0 spiro atoms. The summed E-state index contributed by atoms with van der Waals surface area (Å²) in [6, 6.07) is 6.40. The van der Waals surface area contributed by atoms with Crippen LogP contribution in [0.25, 0.3) is 0 Å². The van der Waals surface area contributed by atoms with E-state index in [1.54, 1.807) is 0 Å². The van der Waals surface area contributed by atoms with Crippen LogP contribution in [0.15, 0.2) is 18.2 Å². The van der Waals surface area contributed by atoms with Gasteiger partial charge in [-0.05, 0) is 55.2 Å². The summed E-state index contributed by atoms with van der Waals surface area (Å²) in [6.45, 7) is 4.22. The SMILES string of the molecule is Cc1ccc(C(N)CC2(CC(N)=O)CCCC2)cc1C. The molecule has 110 valence electrons. The first-order chi connectivity index (χ1) is 9.42. The summed E-state index contributed by atoms with van der Waals surface area (Å²) < 4.78 is 0. The summed E-state index contributed by atoms with van der Waals surface area (Å²) in [7, 11) is 0. The molecule has 1 aromatic rings. The monoisotopic (exact) mass is 274 g/mol. The minimum atomic E-state index is -0.195. The number of hydrogen-bond donors (Lipinski definition) is 2. The summed E-state index contributed by atoms with van der Waals surface area (Å²) >= 11 is 0. The van der Waals surface area contributed by atoms with Crippen LogP contribution in [0.5, 0.6) is 0 Å². The van der Waals surface area contributed by atoms with E-state index in [0.717, 1.165) is 19.3 Å². The summed E-state index contributed by atoms with van der Waals surface area (Å²) in [4.78, 5) is 11.4. The second-order valence-corrected chi connectivity index (χ2v) is 6.50. The molecule has 1 unspecified atom stereocenters. The zero-order valence-corrected chi connectivity index (χ0v) is 12.6. The van der Waals surface area contributed by atoms with Crippen molar-refractivity contribution in [2.75, 3.05) is 0 Å². The molecule has 1 aromatic carbocycles. The minimum Gasteiger partial charge on any atom is -0.370 e. The van der Waals surface area contributed by atoms with Crippen molar-refractivity contribution >= 4 is 5.91 Å². The molecule has 0 heterocycles. The van der Waals surface area contributed by atoms with E-state index in [1.165, 1.54) is 29.5 Å². The number of aryl methyl sites for hydroxylation is 2. The topological polar surface area (TPSA) is 69.1 Å². The van der Waals surface area contributed by atoms with E-state index in [-0.39, 0.29) is 17.4 Å². The number of hydrogen-bond acceptors (Lipinski definition) is 2. The highest BCUT2D eigenvalue weighted by Crippen LogP contribution is 2.46. The van der Waals surface area contributed by atoms with Crippen LogP contribution in [0.3, 0.4) is 0 Å². The second-order valence-electron chi connectivity index (χ2n) is 6.50.